The molecule has 0 aliphatic rings. The first-order valence-corrected chi connectivity index (χ1v) is 12.5. The molecule has 7 heteroatoms. The van der Waals surface area contributed by atoms with Crippen LogP contribution in [0, 0.1) is 0 Å². The van der Waals surface area contributed by atoms with Crippen LogP contribution in [0.5, 0.6) is 0 Å². The summed E-state index contributed by atoms with van der Waals surface area (Å²) in [5.41, 5.74) is 1.46. The average Bonchev–Trinajstić information content (AvgIpc) is 3.24. The second-order valence-corrected chi connectivity index (χ2v) is 8.25. The topological polar surface area (TPSA) is 15.8 Å². The van der Waals surface area contributed by atoms with Gasteiger partial charge in [0.05, 0.1) is 26.2 Å². The van der Waals surface area contributed by atoms with Crippen molar-refractivity contribution in [1.29, 1.82) is 0 Å². The number of nitrogens with one attached hydrogen (secondary N) is 1. The number of aromatic amines is 1. The fraction of sp³-hybridized carbons (Fsp3) is 0.833. The number of nitrogens with zero attached hydrogens (tertiary/aromatic N) is 1. The van der Waals surface area contributed by atoms with Crippen molar-refractivity contribution in [2.24, 2.45) is 0 Å². The van der Waals surface area contributed by atoms with E-state index in [2.05, 4.69) is 51.9 Å². The molecule has 0 atom stereocenters. The lowest BCUT2D eigenvalue weighted by atomic mass is 10.0. The van der Waals surface area contributed by atoms with E-state index in [1.165, 1.54) is 107 Å². The lowest BCUT2D eigenvalue weighted by Crippen LogP contribution is -2.47. The van der Waals surface area contributed by atoms with E-state index in [0.717, 1.165) is 0 Å². The van der Waals surface area contributed by atoms with Crippen LogP contribution >= 0.6 is 0 Å². The van der Waals surface area contributed by atoms with Crippen LogP contribution in [0.2, 0.25) is 0 Å². The van der Waals surface area contributed by atoms with Gasteiger partial charge in [-0.3, -0.25) is 0 Å². The maximum absolute atomic E-state index is 9.75. The molecular weight excluding hydrogens is 403 g/mol. The Bertz CT molecular complexity index is 437. The molecule has 0 saturated carbocycles. The molecule has 1 aromatic heterocycles. The molecule has 0 unspecified atom stereocenters. The van der Waals surface area contributed by atoms with E-state index in [0.29, 0.717) is 0 Å². The Kier molecular flexibility index (Phi) is 21.7. The summed E-state index contributed by atoms with van der Waals surface area (Å²) >= 11 is 0. The number of halogens is 4. The van der Waals surface area contributed by atoms with E-state index in [1.807, 2.05) is 6.20 Å². The number of hydrogen-bond acceptors (Lipinski definition) is 0. The van der Waals surface area contributed by atoms with Crippen molar-refractivity contribution in [2.75, 3.05) is 26.2 Å². The number of rotatable bonds is 15. The SMILES string of the molecule is CCCCCCCCCCCCc1cc[nH]c1.CC[N+](CC)(CC)CC.F[B-](F)(F)F. The van der Waals surface area contributed by atoms with E-state index in [-0.39, 0.29) is 0 Å². The summed E-state index contributed by atoms with van der Waals surface area (Å²) < 4.78 is 40.3. The highest BCUT2D eigenvalue weighted by Crippen LogP contribution is 2.12. The molecule has 0 aromatic carbocycles. The van der Waals surface area contributed by atoms with Gasteiger partial charge in [-0.15, -0.1) is 0 Å². The summed E-state index contributed by atoms with van der Waals surface area (Å²) in [4.78, 5) is 3.12. The largest absolute Gasteiger partial charge is 0.673 e. The fourth-order valence-electron chi connectivity index (χ4n) is 3.67. The summed E-state index contributed by atoms with van der Waals surface area (Å²) in [6.45, 7) is 16.5. The monoisotopic (exact) mass is 452 g/mol. The molecule has 31 heavy (non-hydrogen) atoms. The van der Waals surface area contributed by atoms with Crippen LogP contribution in [0.4, 0.5) is 17.3 Å². The molecule has 0 bridgehead atoms. The summed E-state index contributed by atoms with van der Waals surface area (Å²) in [5.74, 6) is 0. The zero-order valence-corrected chi connectivity index (χ0v) is 20.9. The van der Waals surface area contributed by atoms with E-state index >= 15 is 0 Å². The Hall–Kier alpha value is -0.975. The van der Waals surface area contributed by atoms with Gasteiger partial charge in [-0.1, -0.05) is 64.7 Å². The van der Waals surface area contributed by atoms with Crippen LogP contribution in [0.3, 0.4) is 0 Å². The molecule has 0 saturated heterocycles. The third-order valence-corrected chi connectivity index (χ3v) is 6.16. The van der Waals surface area contributed by atoms with Crippen molar-refractivity contribution >= 4 is 7.25 Å². The molecule has 0 aliphatic heterocycles. The number of unbranched alkanes of at least 4 members (excludes halogenated alkanes) is 9. The molecule has 0 fully saturated rings. The first-order valence-electron chi connectivity index (χ1n) is 12.5. The Morgan fingerprint density at radius 1 is 0.677 bits per heavy atom. The van der Waals surface area contributed by atoms with Crippen LogP contribution < -0.4 is 0 Å². The van der Waals surface area contributed by atoms with Gasteiger partial charge >= 0.3 is 7.25 Å². The quantitative estimate of drug-likeness (QED) is 0.119. The van der Waals surface area contributed by atoms with E-state index in [1.54, 1.807) is 0 Å². The Morgan fingerprint density at radius 3 is 1.35 bits per heavy atom. The van der Waals surface area contributed by atoms with Crippen molar-refractivity contribution in [1.82, 2.24) is 4.98 Å². The summed E-state index contributed by atoms with van der Waals surface area (Å²) in [7, 11) is -6.00. The van der Waals surface area contributed by atoms with E-state index in [4.69, 9.17) is 0 Å². The van der Waals surface area contributed by atoms with Crippen molar-refractivity contribution in [3.05, 3.63) is 24.0 Å². The lowest BCUT2D eigenvalue weighted by molar-refractivity contribution is -0.921. The molecule has 0 aliphatic carbocycles. The van der Waals surface area contributed by atoms with Crippen LogP contribution in [0.25, 0.3) is 0 Å². The van der Waals surface area contributed by atoms with Gasteiger partial charge in [0.25, 0.3) is 0 Å². The van der Waals surface area contributed by atoms with Gasteiger partial charge in [0.1, 0.15) is 0 Å². The van der Waals surface area contributed by atoms with Crippen LogP contribution in [0.15, 0.2) is 18.5 Å². The normalized spacial score (nSPS) is 11.4. The highest BCUT2D eigenvalue weighted by molar-refractivity contribution is 6.50. The number of H-pyrrole nitrogens is 1. The molecule has 2 nitrogen and oxygen atoms in total. The number of aryl methyl sites for hydroxylation is 1. The third-order valence-electron chi connectivity index (χ3n) is 6.16. The Morgan fingerprint density at radius 2 is 1.06 bits per heavy atom. The second-order valence-electron chi connectivity index (χ2n) is 8.25. The van der Waals surface area contributed by atoms with Crippen molar-refractivity contribution in [3.63, 3.8) is 0 Å². The number of quaternary nitrogens is 1. The molecule has 0 amide bonds. The zero-order valence-electron chi connectivity index (χ0n) is 20.9. The minimum atomic E-state index is -6.00. The van der Waals surface area contributed by atoms with Crippen LogP contribution in [-0.4, -0.2) is 42.9 Å². The number of aromatic nitrogens is 1. The maximum Gasteiger partial charge on any atom is 0.673 e. The van der Waals surface area contributed by atoms with Gasteiger partial charge in [-0.2, -0.15) is 0 Å². The Labute approximate surface area is 189 Å². The first kappa shape index (κ1) is 32.2. The van der Waals surface area contributed by atoms with Gasteiger partial charge in [-0.05, 0) is 52.2 Å². The summed E-state index contributed by atoms with van der Waals surface area (Å²) in [6.07, 6.45) is 19.6. The van der Waals surface area contributed by atoms with Gasteiger partial charge < -0.3 is 26.7 Å². The minimum absolute atomic E-state index is 1.25. The molecule has 1 heterocycles. The summed E-state index contributed by atoms with van der Waals surface area (Å²) in [5, 5.41) is 0. The highest BCUT2D eigenvalue weighted by atomic mass is 19.5. The van der Waals surface area contributed by atoms with Gasteiger partial charge in [0.15, 0.2) is 0 Å². The van der Waals surface area contributed by atoms with Crippen molar-refractivity contribution in [3.8, 4) is 0 Å². The van der Waals surface area contributed by atoms with Gasteiger partial charge in [0, 0.05) is 12.4 Å². The standard InChI is InChI=1S/C16H29N.C8H20N.BF4/c1-2-3-4-5-6-7-8-9-10-11-12-16-13-14-17-15-16;1-5-9(6-2,7-3)8-4;2-1(3,4)5/h13-15,17H,2-12H2,1H3;5-8H2,1-4H3;/q;+1;-1. The zero-order chi connectivity index (χ0) is 24.0. The summed E-state index contributed by atoms with van der Waals surface area (Å²) in [6, 6.07) is 2.19. The molecule has 186 valence electrons. The first-order chi connectivity index (χ1) is 14.7. The van der Waals surface area contributed by atoms with E-state index < -0.39 is 7.25 Å². The highest BCUT2D eigenvalue weighted by Gasteiger charge is 2.20. The molecule has 1 rings (SSSR count). The molecule has 0 spiro atoms. The predicted molar refractivity (Wildman–Crippen MR) is 129 cm³/mol. The van der Waals surface area contributed by atoms with Crippen molar-refractivity contribution < 1.29 is 21.7 Å². The number of hydrogen-bond donors (Lipinski definition) is 1. The molecule has 1 N–H and O–H groups in total. The molecule has 1 aromatic rings. The second kappa shape index (κ2) is 20.9. The molecular formula is C24H49BF4N2. The fourth-order valence-corrected chi connectivity index (χ4v) is 3.67. The minimum Gasteiger partial charge on any atom is -0.418 e. The van der Waals surface area contributed by atoms with E-state index in [9.17, 15) is 17.3 Å². The van der Waals surface area contributed by atoms with Crippen LogP contribution in [0.1, 0.15) is 104 Å². The Balaban J connectivity index is 0. The maximum atomic E-state index is 9.75. The van der Waals surface area contributed by atoms with Crippen LogP contribution in [-0.2, 0) is 6.42 Å². The third kappa shape index (κ3) is 23.5. The van der Waals surface area contributed by atoms with Crippen molar-refractivity contribution in [2.45, 2.75) is 105 Å². The van der Waals surface area contributed by atoms with Gasteiger partial charge in [-0.25, -0.2) is 0 Å². The predicted octanol–water partition coefficient (Wildman–Crippen LogP) is 8.66. The lowest BCUT2D eigenvalue weighted by Gasteiger charge is -2.34. The average molecular weight is 452 g/mol. The van der Waals surface area contributed by atoms with Gasteiger partial charge in [0.2, 0.25) is 0 Å². The smallest absolute Gasteiger partial charge is 0.418 e. The molecule has 0 radical (unpaired) electrons.